The molecule has 0 bridgehead atoms. The van der Waals surface area contributed by atoms with E-state index in [2.05, 4.69) is 15.5 Å². The minimum atomic E-state index is -0.0307. The smallest absolute Gasteiger partial charge is 0.230 e. The number of aromatic nitrogens is 3. The average molecular weight is 410 g/mol. The van der Waals surface area contributed by atoms with Crippen molar-refractivity contribution in [3.05, 3.63) is 54.1 Å². The summed E-state index contributed by atoms with van der Waals surface area (Å²) >= 11 is 1.38. The number of carbonyl (C=O) groups is 1. The maximum atomic E-state index is 12.2. The molecule has 150 valence electrons. The van der Waals surface area contributed by atoms with E-state index in [4.69, 9.17) is 9.47 Å². The first-order chi connectivity index (χ1) is 14.2. The molecule has 0 saturated carbocycles. The van der Waals surface area contributed by atoms with Crippen LogP contribution in [-0.4, -0.2) is 46.2 Å². The highest BCUT2D eigenvalue weighted by Crippen LogP contribution is 2.30. The van der Waals surface area contributed by atoms with E-state index in [0.29, 0.717) is 30.7 Å². The van der Waals surface area contributed by atoms with Crippen LogP contribution < -0.4 is 14.8 Å². The number of hydrogen-bond acceptors (Lipinski definition) is 6. The molecule has 0 unspecified atom stereocenters. The van der Waals surface area contributed by atoms with Crippen molar-refractivity contribution in [2.45, 2.75) is 11.6 Å². The highest BCUT2D eigenvalue weighted by molar-refractivity contribution is 7.99. The zero-order valence-electron chi connectivity index (χ0n) is 16.1. The molecule has 0 saturated heterocycles. The van der Waals surface area contributed by atoms with Gasteiger partial charge in [-0.05, 0) is 24.1 Å². The predicted molar refractivity (Wildman–Crippen MR) is 111 cm³/mol. The lowest BCUT2D eigenvalue weighted by Crippen LogP contribution is -2.27. The number of thioether (sulfide) groups is 1. The molecule has 2 aromatic carbocycles. The maximum Gasteiger partial charge on any atom is 0.230 e. The quantitative estimate of drug-likeness (QED) is 0.604. The van der Waals surface area contributed by atoms with E-state index in [1.165, 1.54) is 11.8 Å². The Morgan fingerprint density at radius 1 is 1.10 bits per heavy atom. The molecular weight excluding hydrogens is 388 g/mol. The summed E-state index contributed by atoms with van der Waals surface area (Å²) in [6.07, 6.45) is 0.731. The number of benzene rings is 2. The molecule has 0 fully saturated rings. The van der Waals surface area contributed by atoms with Gasteiger partial charge in [-0.2, -0.15) is 0 Å². The molecule has 29 heavy (non-hydrogen) atoms. The summed E-state index contributed by atoms with van der Waals surface area (Å²) in [5, 5.41) is 12.1. The third-order valence-electron chi connectivity index (χ3n) is 4.54. The van der Waals surface area contributed by atoms with Crippen LogP contribution >= 0.6 is 11.8 Å². The van der Waals surface area contributed by atoms with E-state index < -0.39 is 0 Å². The molecule has 8 heteroatoms. The van der Waals surface area contributed by atoms with Crippen LogP contribution in [0, 0.1) is 0 Å². The normalized spacial score (nSPS) is 12.6. The summed E-state index contributed by atoms with van der Waals surface area (Å²) in [4.78, 5) is 12.2. The fraction of sp³-hybridized carbons (Fsp3) is 0.286. The molecule has 0 spiro atoms. The van der Waals surface area contributed by atoms with E-state index in [1.54, 1.807) is 0 Å². The second-order valence-corrected chi connectivity index (χ2v) is 7.54. The van der Waals surface area contributed by atoms with Gasteiger partial charge in [0.1, 0.15) is 13.2 Å². The summed E-state index contributed by atoms with van der Waals surface area (Å²) in [6.45, 7) is 1.71. The topological polar surface area (TPSA) is 78.3 Å². The van der Waals surface area contributed by atoms with E-state index >= 15 is 0 Å². The van der Waals surface area contributed by atoms with Gasteiger partial charge >= 0.3 is 0 Å². The van der Waals surface area contributed by atoms with Crippen LogP contribution in [0.4, 0.5) is 0 Å². The average Bonchev–Trinajstić information content (AvgIpc) is 3.13. The predicted octanol–water partition coefficient (Wildman–Crippen LogP) is 2.70. The van der Waals surface area contributed by atoms with Gasteiger partial charge in [-0.15, -0.1) is 10.2 Å². The number of fused-ring (bicyclic) bond motifs is 1. The Labute approximate surface area is 173 Å². The maximum absolute atomic E-state index is 12.2. The third kappa shape index (κ3) is 4.71. The standard InChI is InChI=1S/C21H22N4O3S/c1-25-20(16-5-3-2-4-6-16)23-24-21(25)29-14-19(26)22-10-9-15-7-8-17-18(13-15)28-12-11-27-17/h2-8,13H,9-12,14H2,1H3,(H,22,26). The van der Waals surface area contributed by atoms with Crippen molar-refractivity contribution < 1.29 is 14.3 Å². The Bertz CT molecular complexity index is 991. The molecule has 4 rings (SSSR count). The number of nitrogens with one attached hydrogen (secondary N) is 1. The van der Waals surface area contributed by atoms with Gasteiger partial charge in [0.15, 0.2) is 22.5 Å². The van der Waals surface area contributed by atoms with Crippen molar-refractivity contribution in [3.63, 3.8) is 0 Å². The van der Waals surface area contributed by atoms with E-state index in [0.717, 1.165) is 34.9 Å². The fourth-order valence-electron chi connectivity index (χ4n) is 3.05. The molecule has 1 aromatic heterocycles. The minimum Gasteiger partial charge on any atom is -0.486 e. The largest absolute Gasteiger partial charge is 0.486 e. The van der Waals surface area contributed by atoms with Crippen LogP contribution in [0.15, 0.2) is 53.7 Å². The summed E-state index contributed by atoms with van der Waals surface area (Å²) in [5.74, 6) is 2.59. The SMILES string of the molecule is Cn1c(SCC(=O)NCCc2ccc3c(c2)OCCO3)nnc1-c1ccccc1. The van der Waals surface area contributed by atoms with Gasteiger partial charge in [0.05, 0.1) is 5.75 Å². The Balaban J connectivity index is 1.25. The van der Waals surface area contributed by atoms with Gasteiger partial charge in [-0.1, -0.05) is 48.2 Å². The Kier molecular flexibility index (Phi) is 6.00. The molecule has 1 aliphatic heterocycles. The van der Waals surface area contributed by atoms with Crippen LogP contribution in [0.2, 0.25) is 0 Å². The zero-order chi connectivity index (χ0) is 20.1. The van der Waals surface area contributed by atoms with Gasteiger partial charge in [-0.3, -0.25) is 4.79 Å². The molecule has 3 aromatic rings. The molecule has 1 aliphatic rings. The lowest BCUT2D eigenvalue weighted by molar-refractivity contribution is -0.118. The van der Waals surface area contributed by atoms with Crippen LogP contribution in [0.25, 0.3) is 11.4 Å². The second kappa shape index (κ2) is 9.00. The lowest BCUT2D eigenvalue weighted by Gasteiger charge is -2.18. The van der Waals surface area contributed by atoms with Gasteiger partial charge < -0.3 is 19.4 Å². The summed E-state index contributed by atoms with van der Waals surface area (Å²) < 4.78 is 13.0. The monoisotopic (exact) mass is 410 g/mol. The number of amides is 1. The number of ether oxygens (including phenoxy) is 2. The fourth-order valence-corrected chi connectivity index (χ4v) is 3.79. The Morgan fingerprint density at radius 3 is 2.72 bits per heavy atom. The van der Waals surface area contributed by atoms with Crippen molar-refractivity contribution in [2.75, 3.05) is 25.5 Å². The second-order valence-electron chi connectivity index (χ2n) is 6.60. The summed E-state index contributed by atoms with van der Waals surface area (Å²) in [7, 11) is 1.91. The number of carbonyl (C=O) groups excluding carboxylic acids is 1. The van der Waals surface area contributed by atoms with Gasteiger partial charge in [0, 0.05) is 19.2 Å². The van der Waals surface area contributed by atoms with Crippen molar-refractivity contribution in [1.82, 2.24) is 20.1 Å². The number of nitrogens with zero attached hydrogens (tertiary/aromatic N) is 3. The number of rotatable bonds is 7. The summed E-state index contributed by atoms with van der Waals surface area (Å²) in [5.41, 5.74) is 2.10. The Hall–Kier alpha value is -3.00. The van der Waals surface area contributed by atoms with Gasteiger partial charge in [0.2, 0.25) is 5.91 Å². The first kappa shape index (κ1) is 19.3. The molecule has 1 N–H and O–H groups in total. The first-order valence-corrected chi connectivity index (χ1v) is 10.4. The van der Waals surface area contributed by atoms with Crippen molar-refractivity contribution in [2.24, 2.45) is 7.05 Å². The molecule has 1 amide bonds. The van der Waals surface area contributed by atoms with Crippen LogP contribution in [0.5, 0.6) is 11.5 Å². The molecule has 2 heterocycles. The van der Waals surface area contributed by atoms with Crippen molar-refractivity contribution in [1.29, 1.82) is 0 Å². The van der Waals surface area contributed by atoms with Gasteiger partial charge in [0.25, 0.3) is 0 Å². The van der Waals surface area contributed by atoms with Crippen molar-refractivity contribution >= 4 is 17.7 Å². The van der Waals surface area contributed by atoms with Crippen LogP contribution in [0.1, 0.15) is 5.56 Å². The van der Waals surface area contributed by atoms with E-state index in [1.807, 2.05) is 60.1 Å². The molecule has 0 atom stereocenters. The lowest BCUT2D eigenvalue weighted by atomic mass is 10.1. The third-order valence-corrected chi connectivity index (χ3v) is 5.56. The summed E-state index contributed by atoms with van der Waals surface area (Å²) in [6, 6.07) is 15.8. The van der Waals surface area contributed by atoms with Crippen LogP contribution in [0.3, 0.4) is 0 Å². The van der Waals surface area contributed by atoms with Crippen molar-refractivity contribution in [3.8, 4) is 22.9 Å². The van der Waals surface area contributed by atoms with E-state index in [9.17, 15) is 4.79 Å². The molecular formula is C21H22N4O3S. The minimum absolute atomic E-state index is 0.0307. The molecule has 7 nitrogen and oxygen atoms in total. The van der Waals surface area contributed by atoms with E-state index in [-0.39, 0.29) is 5.91 Å². The first-order valence-electron chi connectivity index (χ1n) is 9.43. The van der Waals surface area contributed by atoms with Crippen LogP contribution in [-0.2, 0) is 18.3 Å². The highest BCUT2D eigenvalue weighted by atomic mass is 32.2. The molecule has 0 aliphatic carbocycles. The zero-order valence-corrected chi connectivity index (χ0v) is 16.9. The number of hydrogen-bond donors (Lipinski definition) is 1. The highest BCUT2D eigenvalue weighted by Gasteiger charge is 2.14. The Morgan fingerprint density at radius 2 is 1.90 bits per heavy atom. The molecule has 0 radical (unpaired) electrons. The van der Waals surface area contributed by atoms with Gasteiger partial charge in [-0.25, -0.2) is 0 Å².